The molecule has 16 nitrogen and oxygen atoms in total. The Hall–Kier alpha value is -1.77. The quantitative estimate of drug-likeness (QED) is 0.0144. The Labute approximate surface area is 441 Å². The third kappa shape index (κ3) is 29.0. The fraction of sp³-hybridized carbons (Fsp3) is 0.929. The van der Waals surface area contributed by atoms with Crippen LogP contribution in [0.15, 0.2) is 11.6 Å². The monoisotopic (exact) mass is 1060 g/mol. The number of hydrogen-bond acceptors (Lipinski definition) is 15. The van der Waals surface area contributed by atoms with Gasteiger partial charge in [-0.2, -0.15) is 8.42 Å². The summed E-state index contributed by atoms with van der Waals surface area (Å²) in [6.07, 6.45) is 19.4. The third-order valence-electron chi connectivity index (χ3n) is 14.6. The van der Waals surface area contributed by atoms with Crippen molar-refractivity contribution in [3.05, 3.63) is 11.6 Å². The zero-order valence-electron chi connectivity index (χ0n) is 46.1. The first-order chi connectivity index (χ1) is 35.0. The number of unbranched alkanes of at least 4 members (excludes halogenated alkanes) is 25. The summed E-state index contributed by atoms with van der Waals surface area (Å²) >= 11 is 0. The highest BCUT2D eigenvalue weighted by Gasteiger charge is 2.54. The number of ether oxygens (including phenoxy) is 5. The number of carbonyl (C=O) groups excluding carboxylic acids is 2. The summed E-state index contributed by atoms with van der Waals surface area (Å²) < 4.78 is 66.9. The Morgan fingerprint density at radius 3 is 1.42 bits per heavy atom. The van der Waals surface area contributed by atoms with E-state index in [4.69, 9.17) is 23.7 Å². The van der Waals surface area contributed by atoms with Crippen LogP contribution >= 0.6 is 0 Å². The van der Waals surface area contributed by atoms with Gasteiger partial charge in [0.15, 0.2) is 24.6 Å². The van der Waals surface area contributed by atoms with E-state index in [1.54, 1.807) is 13.0 Å². The van der Waals surface area contributed by atoms with Gasteiger partial charge in [-0.25, -0.2) is 8.98 Å². The second-order valence-corrected chi connectivity index (χ2v) is 22.8. The first-order valence-electron chi connectivity index (χ1n) is 28.9. The van der Waals surface area contributed by atoms with Crippen molar-refractivity contribution in [3.8, 4) is 0 Å². The number of allylic oxidation sites excluding steroid dienone is 1. The van der Waals surface area contributed by atoms with Crippen LogP contribution in [0, 0.1) is 17.8 Å². The highest BCUT2D eigenvalue weighted by molar-refractivity contribution is 7.80. The van der Waals surface area contributed by atoms with Crippen molar-refractivity contribution in [1.29, 1.82) is 0 Å². The first-order valence-corrected chi connectivity index (χ1v) is 30.3. The molecule has 0 bridgehead atoms. The number of carbonyl (C=O) groups is 2. The Balaban J connectivity index is 2.06. The van der Waals surface area contributed by atoms with E-state index in [1.165, 1.54) is 141 Å². The van der Waals surface area contributed by atoms with Crippen molar-refractivity contribution >= 4 is 22.3 Å². The first kappa shape index (κ1) is 67.3. The maximum Gasteiger partial charge on any atom is 0.397 e. The van der Waals surface area contributed by atoms with E-state index in [0.717, 1.165) is 44.9 Å². The van der Waals surface area contributed by atoms with Crippen molar-refractivity contribution in [3.63, 3.8) is 0 Å². The molecule has 0 aromatic carbocycles. The SMILES string of the molecule is CCCCCCCCCCCCCCCC[C@H](C)C[C@H](C)C[C@H](C)/C=C(\C)C(=O)OC1C(O)C(CO)OC(OC2OC(CO)C(O)C(O)C2OS(=O)(=O)O)C1OC(=O)CCCCCCCCCCCCCCC. The molecule has 0 radical (unpaired) electrons. The van der Waals surface area contributed by atoms with Gasteiger partial charge in [0, 0.05) is 12.0 Å². The predicted molar refractivity (Wildman–Crippen MR) is 283 cm³/mol. The molecule has 17 heteroatoms. The molecule has 6 N–H and O–H groups in total. The topological polar surface area (TPSA) is 245 Å². The fourth-order valence-electron chi connectivity index (χ4n) is 10.5. The lowest BCUT2D eigenvalue weighted by Crippen LogP contribution is -2.65. The van der Waals surface area contributed by atoms with Crippen LogP contribution in [-0.4, -0.2) is 125 Å². The van der Waals surface area contributed by atoms with Gasteiger partial charge in [-0.15, -0.1) is 0 Å². The van der Waals surface area contributed by atoms with E-state index in [9.17, 15) is 48.1 Å². The minimum absolute atomic E-state index is 0.0185. The molecule has 0 aromatic rings. The molecule has 10 unspecified atom stereocenters. The van der Waals surface area contributed by atoms with Gasteiger partial charge < -0.3 is 49.2 Å². The van der Waals surface area contributed by atoms with Gasteiger partial charge >= 0.3 is 22.3 Å². The molecule has 73 heavy (non-hydrogen) atoms. The normalized spacial score (nSPS) is 26.1. The van der Waals surface area contributed by atoms with E-state index in [-0.39, 0.29) is 17.9 Å². The summed E-state index contributed by atoms with van der Waals surface area (Å²) in [5.41, 5.74) is 0.226. The molecule has 0 aliphatic carbocycles. The van der Waals surface area contributed by atoms with Crippen LogP contribution in [0.3, 0.4) is 0 Å². The minimum atomic E-state index is -5.31. The summed E-state index contributed by atoms with van der Waals surface area (Å²) in [4.78, 5) is 27.4. The van der Waals surface area contributed by atoms with Crippen molar-refractivity contribution in [1.82, 2.24) is 0 Å². The minimum Gasteiger partial charge on any atom is -0.453 e. The highest BCUT2D eigenvalue weighted by Crippen LogP contribution is 2.34. The zero-order valence-corrected chi connectivity index (χ0v) is 46.9. The lowest BCUT2D eigenvalue weighted by molar-refractivity contribution is -0.374. The summed E-state index contributed by atoms with van der Waals surface area (Å²) in [5.74, 6) is -0.662. The van der Waals surface area contributed by atoms with Gasteiger partial charge in [-0.1, -0.05) is 214 Å². The number of rotatable bonds is 43. The Morgan fingerprint density at radius 2 is 0.973 bits per heavy atom. The van der Waals surface area contributed by atoms with Gasteiger partial charge in [0.05, 0.1) is 13.2 Å². The number of esters is 2. The maximum absolute atomic E-state index is 13.9. The predicted octanol–water partition coefficient (Wildman–Crippen LogP) is 10.5. The molecule has 2 fully saturated rings. The van der Waals surface area contributed by atoms with Crippen molar-refractivity contribution < 1.29 is 76.0 Å². The summed E-state index contributed by atoms with van der Waals surface area (Å²) in [5, 5.41) is 53.0. The molecular formula is C56H104O16S. The van der Waals surface area contributed by atoms with Crippen molar-refractivity contribution in [2.75, 3.05) is 13.2 Å². The van der Waals surface area contributed by atoms with Crippen LogP contribution < -0.4 is 0 Å². The smallest absolute Gasteiger partial charge is 0.397 e. The van der Waals surface area contributed by atoms with E-state index >= 15 is 0 Å². The van der Waals surface area contributed by atoms with Crippen molar-refractivity contribution in [2.24, 2.45) is 17.8 Å². The van der Waals surface area contributed by atoms with Crippen LogP contribution in [0.25, 0.3) is 0 Å². The fourth-order valence-corrected chi connectivity index (χ4v) is 10.9. The average molecular weight is 1070 g/mol. The van der Waals surface area contributed by atoms with E-state index in [1.807, 2.05) is 6.92 Å². The lowest BCUT2D eigenvalue weighted by Gasteiger charge is -2.46. The molecule has 0 aromatic heterocycles. The van der Waals surface area contributed by atoms with Crippen LogP contribution in [0.4, 0.5) is 0 Å². The summed E-state index contributed by atoms with van der Waals surface area (Å²) in [6.45, 7) is 10.9. The van der Waals surface area contributed by atoms with Crippen molar-refractivity contribution in [2.45, 2.75) is 302 Å². The Bertz CT molecular complexity index is 1560. The third-order valence-corrected chi connectivity index (χ3v) is 15.1. The van der Waals surface area contributed by atoms with Gasteiger partial charge in [0.1, 0.15) is 30.5 Å². The van der Waals surface area contributed by atoms with Gasteiger partial charge in [-0.05, 0) is 43.9 Å². The highest BCUT2D eigenvalue weighted by atomic mass is 32.3. The molecule has 2 rings (SSSR count). The van der Waals surface area contributed by atoms with Crippen LogP contribution in [-0.2, 0) is 47.9 Å². The van der Waals surface area contributed by atoms with Gasteiger partial charge in [0.2, 0.25) is 6.29 Å². The second kappa shape index (κ2) is 39.6. The molecule has 0 amide bonds. The van der Waals surface area contributed by atoms with Crippen LogP contribution in [0.5, 0.6) is 0 Å². The van der Waals surface area contributed by atoms with E-state index in [2.05, 4.69) is 31.9 Å². The largest absolute Gasteiger partial charge is 0.453 e. The van der Waals surface area contributed by atoms with Crippen LogP contribution in [0.1, 0.15) is 241 Å². The average Bonchev–Trinajstić information content (AvgIpc) is 3.34. The molecule has 2 aliphatic heterocycles. The number of aliphatic hydroxyl groups is 5. The number of hydrogen-bond donors (Lipinski definition) is 6. The lowest BCUT2D eigenvalue weighted by atomic mass is 9.86. The number of aliphatic hydroxyl groups excluding tert-OH is 5. The Kier molecular flexibility index (Phi) is 36.5. The maximum atomic E-state index is 13.9. The second-order valence-electron chi connectivity index (χ2n) is 21.8. The molecule has 0 saturated carbocycles. The van der Waals surface area contributed by atoms with Gasteiger partial charge in [-0.3, -0.25) is 9.35 Å². The summed E-state index contributed by atoms with van der Waals surface area (Å²) in [7, 11) is -5.31. The van der Waals surface area contributed by atoms with Gasteiger partial charge in [0.25, 0.3) is 0 Å². The molecule has 430 valence electrons. The molecule has 0 spiro atoms. The molecule has 2 saturated heterocycles. The van der Waals surface area contributed by atoms with E-state index < -0.39 is 97.0 Å². The zero-order chi connectivity index (χ0) is 54.0. The standard InChI is InChI=1S/C56H104O16S/c1-7-9-11-13-15-17-19-21-23-24-26-28-30-32-34-41(3)36-42(4)37-43(5)38-44(6)54(63)70-51-49(61)46(40-58)68-56(71-55-52(72-73(64,65)66)50(62)48(60)45(39-57)67-55)53(51)69-47(59)35-33-31-29-27-25-22-20-18-16-14-12-10-8-2/h38,41-43,45-46,48-53,55-58,60-62H,7-37,39-40H2,1-6H3,(H,64,65,66)/b44-38+/t41-,42-,43-,45?,46?,48?,49?,50?,51?,52?,53?,55?,56?/m0/s1. The molecule has 2 aliphatic rings. The Morgan fingerprint density at radius 1 is 0.548 bits per heavy atom. The molecular weight excluding hydrogens is 961 g/mol. The molecule has 13 atom stereocenters. The van der Waals surface area contributed by atoms with Crippen LogP contribution in [0.2, 0.25) is 0 Å². The molecule has 2 heterocycles. The van der Waals surface area contributed by atoms with E-state index in [0.29, 0.717) is 18.3 Å². The summed E-state index contributed by atoms with van der Waals surface area (Å²) in [6, 6.07) is 0.